The predicted molar refractivity (Wildman–Crippen MR) is 68.3 cm³/mol. The molecular weight excluding hydrogens is 196 g/mol. The number of aliphatic hydroxyl groups excluding tert-OH is 1. The molecule has 0 aromatic carbocycles. The Balaban J connectivity index is 1.96. The summed E-state index contributed by atoms with van der Waals surface area (Å²) in [7, 11) is 0. The van der Waals surface area contributed by atoms with Crippen molar-refractivity contribution < 1.29 is 5.11 Å². The Hall–Kier alpha value is -0.0400. The van der Waals surface area contributed by atoms with Crippen LogP contribution in [0.4, 0.5) is 0 Å². The fourth-order valence-electron chi connectivity index (χ4n) is 4.12. The Labute approximate surface area is 101 Å². The van der Waals surface area contributed by atoms with Crippen molar-refractivity contribution in [3.05, 3.63) is 0 Å². The summed E-state index contributed by atoms with van der Waals surface area (Å²) in [4.78, 5) is 0. The van der Waals surface area contributed by atoms with Crippen LogP contribution in [-0.2, 0) is 0 Å². The quantitative estimate of drug-likeness (QED) is 0.699. The second kappa shape index (κ2) is 6.05. The van der Waals surface area contributed by atoms with Gasteiger partial charge in [0.2, 0.25) is 0 Å². The van der Waals surface area contributed by atoms with Crippen LogP contribution >= 0.6 is 0 Å². The molecule has 0 aliphatic heterocycles. The fourth-order valence-corrected chi connectivity index (χ4v) is 4.12. The minimum absolute atomic E-state index is 0.00642. The van der Waals surface area contributed by atoms with Crippen molar-refractivity contribution in [2.75, 3.05) is 0 Å². The molecule has 2 aliphatic carbocycles. The van der Waals surface area contributed by atoms with E-state index in [1.165, 1.54) is 51.4 Å². The van der Waals surface area contributed by atoms with Gasteiger partial charge in [-0.25, -0.2) is 0 Å². The lowest BCUT2D eigenvalue weighted by atomic mass is 9.69. The predicted octanol–water partition coefficient (Wildman–Crippen LogP) is 4.14. The Kier molecular flexibility index (Phi) is 4.69. The number of hydrogen-bond acceptors (Lipinski definition) is 1. The summed E-state index contributed by atoms with van der Waals surface area (Å²) in [6.45, 7) is 2.36. The summed E-state index contributed by atoms with van der Waals surface area (Å²) in [5.74, 6) is 2.73. The molecule has 1 N–H and O–H groups in total. The van der Waals surface area contributed by atoms with Crippen molar-refractivity contribution in [1.29, 1.82) is 0 Å². The van der Waals surface area contributed by atoms with Crippen molar-refractivity contribution in [2.24, 2.45) is 17.8 Å². The van der Waals surface area contributed by atoms with Gasteiger partial charge < -0.3 is 5.11 Å². The normalized spacial score (nSPS) is 41.6. The van der Waals surface area contributed by atoms with E-state index in [9.17, 15) is 5.11 Å². The Morgan fingerprint density at radius 1 is 0.938 bits per heavy atom. The maximum Gasteiger partial charge on any atom is 0.0543 e. The highest BCUT2D eigenvalue weighted by Crippen LogP contribution is 2.42. The van der Waals surface area contributed by atoms with Crippen LogP contribution in [0.3, 0.4) is 0 Å². The van der Waals surface area contributed by atoms with Gasteiger partial charge in [0.25, 0.3) is 0 Å². The van der Waals surface area contributed by atoms with Gasteiger partial charge >= 0.3 is 0 Å². The zero-order valence-electron chi connectivity index (χ0n) is 10.8. The summed E-state index contributed by atoms with van der Waals surface area (Å²) in [5.41, 5.74) is 0. The van der Waals surface area contributed by atoms with Crippen LogP contribution in [0.5, 0.6) is 0 Å². The van der Waals surface area contributed by atoms with Crippen LogP contribution in [0.25, 0.3) is 0 Å². The van der Waals surface area contributed by atoms with Gasteiger partial charge in [0.05, 0.1) is 6.10 Å². The summed E-state index contributed by atoms with van der Waals surface area (Å²) < 4.78 is 0. The molecule has 0 radical (unpaired) electrons. The third-order valence-corrected chi connectivity index (χ3v) is 5.03. The summed E-state index contributed by atoms with van der Waals surface area (Å²) >= 11 is 0. The Bertz CT molecular complexity index is 202. The maximum absolute atomic E-state index is 9.95. The molecule has 2 aliphatic rings. The molecule has 2 fully saturated rings. The van der Waals surface area contributed by atoms with Gasteiger partial charge in [-0.05, 0) is 37.0 Å². The zero-order chi connectivity index (χ0) is 11.4. The van der Waals surface area contributed by atoms with Crippen LogP contribution in [0.15, 0.2) is 0 Å². The second-order valence-electron chi connectivity index (χ2n) is 6.05. The van der Waals surface area contributed by atoms with Crippen LogP contribution < -0.4 is 0 Å². The Morgan fingerprint density at radius 2 is 1.62 bits per heavy atom. The van der Waals surface area contributed by atoms with Crippen molar-refractivity contribution in [3.8, 4) is 0 Å². The van der Waals surface area contributed by atoms with E-state index in [2.05, 4.69) is 6.92 Å². The van der Waals surface area contributed by atoms with Crippen LogP contribution in [0.2, 0.25) is 0 Å². The molecule has 4 atom stereocenters. The first-order valence-electron chi connectivity index (χ1n) is 7.49. The number of rotatable bonds is 2. The third kappa shape index (κ3) is 3.00. The van der Waals surface area contributed by atoms with Gasteiger partial charge in [-0.1, -0.05) is 51.9 Å². The average Bonchev–Trinajstić information content (AvgIpc) is 2.54. The third-order valence-electron chi connectivity index (χ3n) is 5.03. The van der Waals surface area contributed by atoms with Crippen molar-refractivity contribution in [2.45, 2.75) is 77.2 Å². The first-order chi connectivity index (χ1) is 7.81. The molecule has 0 amide bonds. The molecule has 1 heteroatoms. The van der Waals surface area contributed by atoms with Crippen LogP contribution in [0.1, 0.15) is 71.1 Å². The Morgan fingerprint density at radius 3 is 2.44 bits per heavy atom. The molecule has 16 heavy (non-hydrogen) atoms. The van der Waals surface area contributed by atoms with E-state index in [-0.39, 0.29) is 6.10 Å². The van der Waals surface area contributed by atoms with Crippen molar-refractivity contribution in [3.63, 3.8) is 0 Å². The van der Waals surface area contributed by atoms with E-state index in [0.717, 1.165) is 30.6 Å². The molecule has 0 bridgehead atoms. The standard InChI is InChI=1S/C15H28O/c1-2-12-7-4-6-10-15(12)13-8-3-5-9-14(16)11-13/h12-16H,2-11H2,1H3. The van der Waals surface area contributed by atoms with E-state index in [1.54, 1.807) is 0 Å². The van der Waals surface area contributed by atoms with Gasteiger partial charge in [0.15, 0.2) is 0 Å². The molecule has 4 unspecified atom stereocenters. The van der Waals surface area contributed by atoms with Crippen molar-refractivity contribution >= 4 is 0 Å². The molecule has 2 saturated carbocycles. The SMILES string of the molecule is CCC1CCCCC1C1CCCCC(O)C1. The molecule has 1 nitrogen and oxygen atoms in total. The van der Waals surface area contributed by atoms with Crippen LogP contribution in [-0.4, -0.2) is 11.2 Å². The summed E-state index contributed by atoms with van der Waals surface area (Å²) in [5, 5.41) is 9.95. The maximum atomic E-state index is 9.95. The lowest BCUT2D eigenvalue weighted by molar-refractivity contribution is 0.0888. The highest BCUT2D eigenvalue weighted by Gasteiger charge is 2.32. The van der Waals surface area contributed by atoms with Gasteiger partial charge in [0.1, 0.15) is 0 Å². The average molecular weight is 224 g/mol. The number of aliphatic hydroxyl groups is 1. The fraction of sp³-hybridized carbons (Fsp3) is 1.00. The second-order valence-corrected chi connectivity index (χ2v) is 6.05. The van der Waals surface area contributed by atoms with Gasteiger partial charge in [-0.3, -0.25) is 0 Å². The minimum Gasteiger partial charge on any atom is -0.393 e. The van der Waals surface area contributed by atoms with Crippen molar-refractivity contribution in [1.82, 2.24) is 0 Å². The zero-order valence-corrected chi connectivity index (χ0v) is 10.8. The highest BCUT2D eigenvalue weighted by atomic mass is 16.3. The molecule has 0 aromatic heterocycles. The van der Waals surface area contributed by atoms with Gasteiger partial charge in [-0.15, -0.1) is 0 Å². The van der Waals surface area contributed by atoms with E-state index in [1.807, 2.05) is 0 Å². The molecule has 2 rings (SSSR count). The van der Waals surface area contributed by atoms with E-state index in [0.29, 0.717) is 0 Å². The highest BCUT2D eigenvalue weighted by molar-refractivity contribution is 4.83. The first-order valence-corrected chi connectivity index (χ1v) is 7.49. The van der Waals surface area contributed by atoms with Gasteiger partial charge in [-0.2, -0.15) is 0 Å². The molecule has 0 aromatic rings. The van der Waals surface area contributed by atoms with E-state index < -0.39 is 0 Å². The summed E-state index contributed by atoms with van der Waals surface area (Å²) in [6.07, 6.45) is 13.3. The van der Waals surface area contributed by atoms with Crippen LogP contribution in [0, 0.1) is 17.8 Å². The molecule has 94 valence electrons. The monoisotopic (exact) mass is 224 g/mol. The lowest BCUT2D eigenvalue weighted by Gasteiger charge is -2.37. The van der Waals surface area contributed by atoms with E-state index in [4.69, 9.17) is 0 Å². The topological polar surface area (TPSA) is 20.2 Å². The summed E-state index contributed by atoms with van der Waals surface area (Å²) in [6, 6.07) is 0. The minimum atomic E-state index is 0.00642. The van der Waals surface area contributed by atoms with E-state index >= 15 is 0 Å². The molecule has 0 spiro atoms. The first kappa shape index (κ1) is 12.4. The molecule has 0 heterocycles. The smallest absolute Gasteiger partial charge is 0.0543 e. The largest absolute Gasteiger partial charge is 0.393 e. The molecular formula is C15H28O. The molecule has 0 saturated heterocycles. The van der Waals surface area contributed by atoms with Gasteiger partial charge in [0, 0.05) is 0 Å². The number of hydrogen-bond donors (Lipinski definition) is 1. The lowest BCUT2D eigenvalue weighted by Crippen LogP contribution is -2.28.